The fourth-order valence-electron chi connectivity index (χ4n) is 4.71. The molecule has 0 saturated heterocycles. The predicted molar refractivity (Wildman–Crippen MR) is 151 cm³/mol. The lowest BCUT2D eigenvalue weighted by atomic mass is 10.2. The summed E-state index contributed by atoms with van der Waals surface area (Å²) in [5.74, 6) is 0. The summed E-state index contributed by atoms with van der Waals surface area (Å²) in [6.45, 7) is 7.32. The third kappa shape index (κ3) is 4.84. The minimum atomic E-state index is -2.76. The van der Waals surface area contributed by atoms with Crippen LogP contribution in [0.4, 0.5) is 0 Å². The maximum atomic E-state index is 7.08. The number of aromatic nitrogens is 1. The molecule has 0 aliphatic heterocycles. The van der Waals surface area contributed by atoms with Crippen LogP contribution in [0.3, 0.4) is 0 Å². The summed E-state index contributed by atoms with van der Waals surface area (Å²) in [5.41, 5.74) is 8.26. The van der Waals surface area contributed by atoms with Crippen molar-refractivity contribution in [3.63, 3.8) is 0 Å². The van der Waals surface area contributed by atoms with Crippen LogP contribution in [0.25, 0.3) is 5.69 Å². The molecule has 3 aromatic carbocycles. The predicted octanol–water partition coefficient (Wildman–Crippen LogP) is 6.97. The smallest absolute Gasteiger partial charge is 0.261 e. The van der Waals surface area contributed by atoms with E-state index in [1.165, 1.54) is 10.4 Å². The van der Waals surface area contributed by atoms with Crippen LogP contribution in [-0.2, 0) is 17.6 Å². The lowest BCUT2D eigenvalue weighted by molar-refractivity contribution is 0.286. The zero-order valence-electron chi connectivity index (χ0n) is 20.1. The molecule has 7 heteroatoms. The molecular weight excluding hydrogens is 515 g/mol. The van der Waals surface area contributed by atoms with Crippen LogP contribution in [0, 0.1) is 0 Å². The highest BCUT2D eigenvalue weighted by molar-refractivity contribution is 6.99. The van der Waals surface area contributed by atoms with Crippen LogP contribution in [0.5, 0.6) is 0 Å². The Morgan fingerprint density at radius 1 is 0.800 bits per heavy atom. The molecule has 182 valence electrons. The number of halogens is 3. The van der Waals surface area contributed by atoms with E-state index >= 15 is 0 Å². The van der Waals surface area contributed by atoms with Gasteiger partial charge in [0, 0.05) is 22.8 Å². The Morgan fingerprint density at radius 3 is 1.89 bits per heavy atom. The summed E-state index contributed by atoms with van der Waals surface area (Å²) in [5, 5.41) is 3.82. The Labute approximate surface area is 223 Å². The molecule has 0 aliphatic rings. The second-order valence-electron chi connectivity index (χ2n) is 9.50. The fourth-order valence-corrected chi connectivity index (χ4v) is 10.1. The van der Waals surface area contributed by atoms with E-state index < -0.39 is 8.32 Å². The molecule has 0 atom stereocenters. The number of hydrogen-bond acceptors (Lipinski definition) is 2. The van der Waals surface area contributed by atoms with Crippen LogP contribution < -0.4 is 16.1 Å². The highest BCUT2D eigenvalue weighted by Gasteiger charge is 2.50. The zero-order valence-corrected chi connectivity index (χ0v) is 23.3. The fraction of sp³-hybridized carbons (Fsp3) is 0.214. The molecule has 0 amide bonds. The van der Waals surface area contributed by atoms with Gasteiger partial charge in [0.1, 0.15) is 5.15 Å². The van der Waals surface area contributed by atoms with Gasteiger partial charge in [0.15, 0.2) is 0 Å². The highest BCUT2D eigenvalue weighted by Crippen LogP contribution is 2.39. The van der Waals surface area contributed by atoms with Gasteiger partial charge in [-0.3, -0.25) is 0 Å². The van der Waals surface area contributed by atoms with Gasteiger partial charge in [-0.05, 0) is 39.7 Å². The second kappa shape index (κ2) is 10.5. The number of hydrogen-bond donors (Lipinski definition) is 1. The van der Waals surface area contributed by atoms with Crippen LogP contribution in [0.15, 0.2) is 84.9 Å². The van der Waals surface area contributed by atoms with E-state index in [0.717, 1.165) is 16.9 Å². The number of rotatable bonds is 7. The minimum absolute atomic E-state index is 0.164. The molecule has 0 aliphatic carbocycles. The second-order valence-corrected chi connectivity index (χ2v) is 15.0. The monoisotopic (exact) mass is 542 g/mol. The summed E-state index contributed by atoms with van der Waals surface area (Å²) >= 11 is 20.2. The average molecular weight is 544 g/mol. The largest absolute Gasteiger partial charge is 0.403 e. The van der Waals surface area contributed by atoms with E-state index in [-0.39, 0.29) is 11.6 Å². The minimum Gasteiger partial charge on any atom is -0.403 e. The topological polar surface area (TPSA) is 40.2 Å². The Balaban J connectivity index is 1.84. The normalized spacial score (nSPS) is 12.2. The molecule has 2 N–H and O–H groups in total. The zero-order chi connectivity index (χ0) is 25.2. The lowest BCUT2D eigenvalue weighted by Gasteiger charge is -2.43. The molecule has 0 unspecified atom stereocenters. The van der Waals surface area contributed by atoms with Gasteiger partial charge in [-0.15, -0.1) is 0 Å². The van der Waals surface area contributed by atoms with E-state index in [1.54, 1.807) is 0 Å². The van der Waals surface area contributed by atoms with Gasteiger partial charge < -0.3 is 14.7 Å². The molecule has 4 aromatic rings. The number of nitrogens with zero attached hydrogens (tertiary/aromatic N) is 1. The van der Waals surface area contributed by atoms with Crippen molar-refractivity contribution >= 4 is 53.5 Å². The van der Waals surface area contributed by atoms with Crippen LogP contribution >= 0.6 is 34.8 Å². The van der Waals surface area contributed by atoms with Gasteiger partial charge in [0.2, 0.25) is 0 Å². The molecule has 4 rings (SSSR count). The molecular formula is C28H29Cl3N2OSi. The van der Waals surface area contributed by atoms with Crippen molar-refractivity contribution in [2.75, 3.05) is 0 Å². The van der Waals surface area contributed by atoms with E-state index in [1.807, 2.05) is 41.0 Å². The Bertz CT molecular complexity index is 1260. The average Bonchev–Trinajstić information content (AvgIpc) is 3.22. The molecule has 0 saturated carbocycles. The first-order chi connectivity index (χ1) is 16.7. The van der Waals surface area contributed by atoms with Crippen molar-refractivity contribution < 1.29 is 4.43 Å². The molecule has 35 heavy (non-hydrogen) atoms. The van der Waals surface area contributed by atoms with Gasteiger partial charge in [-0.25, -0.2) is 0 Å². The van der Waals surface area contributed by atoms with E-state index in [4.69, 9.17) is 45.0 Å². The van der Waals surface area contributed by atoms with Crippen molar-refractivity contribution in [2.24, 2.45) is 5.73 Å². The van der Waals surface area contributed by atoms with Gasteiger partial charge in [-0.1, -0.05) is 116 Å². The van der Waals surface area contributed by atoms with E-state index in [0.29, 0.717) is 21.7 Å². The molecule has 1 heterocycles. The molecule has 3 nitrogen and oxygen atoms in total. The summed E-state index contributed by atoms with van der Waals surface area (Å²) in [4.78, 5) is 0. The van der Waals surface area contributed by atoms with E-state index in [9.17, 15) is 0 Å². The SMILES string of the molecule is CC(C)(C)[Si](OCc1c(Cl)ccc(-n2c(Cl)ccc2CN)c1Cl)(c1ccccc1)c1ccccc1. The van der Waals surface area contributed by atoms with Crippen LogP contribution in [-0.4, -0.2) is 12.9 Å². The highest BCUT2D eigenvalue weighted by atomic mass is 35.5. The van der Waals surface area contributed by atoms with E-state index in [2.05, 4.69) is 69.3 Å². The van der Waals surface area contributed by atoms with Crippen molar-refractivity contribution in [3.8, 4) is 5.69 Å². The Morgan fingerprint density at radius 2 is 1.37 bits per heavy atom. The first kappa shape index (κ1) is 26.0. The van der Waals surface area contributed by atoms with Crippen molar-refractivity contribution in [2.45, 2.75) is 39.0 Å². The third-order valence-corrected chi connectivity index (χ3v) is 12.4. The summed E-state index contributed by atoms with van der Waals surface area (Å²) in [7, 11) is -2.76. The maximum absolute atomic E-state index is 7.08. The first-order valence-electron chi connectivity index (χ1n) is 11.5. The molecule has 0 fully saturated rings. The summed E-state index contributed by atoms with van der Waals surface area (Å²) < 4.78 is 8.93. The molecule has 1 aromatic heterocycles. The van der Waals surface area contributed by atoms with Crippen molar-refractivity contribution in [1.29, 1.82) is 0 Å². The maximum Gasteiger partial charge on any atom is 0.261 e. The summed E-state index contributed by atoms with van der Waals surface area (Å²) in [6.07, 6.45) is 0. The van der Waals surface area contributed by atoms with Gasteiger partial charge in [0.05, 0.1) is 17.3 Å². The Kier molecular flexibility index (Phi) is 7.82. The number of benzene rings is 3. The van der Waals surface area contributed by atoms with Crippen LogP contribution in [0.2, 0.25) is 20.2 Å². The van der Waals surface area contributed by atoms with Crippen molar-refractivity contribution in [3.05, 3.63) is 111 Å². The molecule has 0 radical (unpaired) electrons. The quantitative estimate of drug-likeness (QED) is 0.256. The summed E-state index contributed by atoms with van der Waals surface area (Å²) in [6, 6.07) is 28.4. The standard InChI is InChI=1S/C28H29Cl3N2OSi/c1-28(2,3)35(21-10-6-4-7-11-21,22-12-8-5-9-13-22)34-19-23-24(29)15-16-25(27(23)31)33-20(18-32)14-17-26(33)30/h4-17H,18-19,32H2,1-3H3. The third-order valence-electron chi connectivity index (χ3n) is 6.38. The van der Waals surface area contributed by atoms with Crippen molar-refractivity contribution in [1.82, 2.24) is 4.57 Å². The lowest BCUT2D eigenvalue weighted by Crippen LogP contribution is -2.66. The van der Waals surface area contributed by atoms with Gasteiger partial charge in [-0.2, -0.15) is 0 Å². The Hall–Kier alpha value is -2.05. The van der Waals surface area contributed by atoms with Gasteiger partial charge >= 0.3 is 0 Å². The molecule has 0 spiro atoms. The first-order valence-corrected chi connectivity index (χ1v) is 14.5. The van der Waals surface area contributed by atoms with Crippen LogP contribution in [0.1, 0.15) is 32.0 Å². The molecule has 0 bridgehead atoms. The number of nitrogens with two attached hydrogens (primary N) is 1. The van der Waals surface area contributed by atoms with Gasteiger partial charge in [0.25, 0.3) is 8.32 Å².